The summed E-state index contributed by atoms with van der Waals surface area (Å²) in [5, 5.41) is 8.65. The van der Waals surface area contributed by atoms with Crippen molar-refractivity contribution in [1.82, 2.24) is 0 Å². The zero-order valence-corrected chi connectivity index (χ0v) is 10.1. The summed E-state index contributed by atoms with van der Waals surface area (Å²) in [6.07, 6.45) is 0. The van der Waals surface area contributed by atoms with Crippen molar-refractivity contribution in [3.8, 4) is 0 Å². The van der Waals surface area contributed by atoms with Crippen LogP contribution in [0.1, 0.15) is 37.5 Å². The highest BCUT2D eigenvalue weighted by Crippen LogP contribution is 2.32. The summed E-state index contributed by atoms with van der Waals surface area (Å²) in [6, 6.07) is 4.87. The van der Waals surface area contributed by atoms with Gasteiger partial charge in [-0.1, -0.05) is 39.0 Å². The molecule has 16 heavy (non-hydrogen) atoms. The van der Waals surface area contributed by atoms with Crippen LogP contribution in [0.5, 0.6) is 0 Å². The molecule has 0 unspecified atom stereocenters. The van der Waals surface area contributed by atoms with Crippen LogP contribution in [0.2, 0.25) is 0 Å². The maximum atomic E-state index is 13.3. The molecule has 0 aliphatic carbocycles. The molecule has 0 radical (unpaired) electrons. The molecule has 0 spiro atoms. The molecule has 0 aliphatic rings. The monoisotopic (exact) mass is 228 g/mol. The highest BCUT2D eigenvalue weighted by Gasteiger charge is 2.32. The Balaban J connectivity index is 3.20. The molecule has 0 saturated heterocycles. The molecule has 0 aromatic heterocycles. The third-order valence-electron chi connectivity index (χ3n) is 2.69. The van der Waals surface area contributed by atoms with Crippen LogP contribution in [0.25, 0.3) is 0 Å². The summed E-state index contributed by atoms with van der Waals surface area (Å²) in [5.74, 6) is -3.15. The number of hydrogen-bond acceptors (Lipinski definition) is 1. The zero-order chi connectivity index (χ0) is 12.6. The van der Waals surface area contributed by atoms with Gasteiger partial charge in [-0.15, -0.1) is 0 Å². The van der Waals surface area contributed by atoms with Gasteiger partial charge in [-0.2, -0.15) is 8.78 Å². The van der Waals surface area contributed by atoms with E-state index < -0.39 is 12.5 Å². The highest BCUT2D eigenvalue weighted by atomic mass is 19.3. The van der Waals surface area contributed by atoms with E-state index in [2.05, 4.69) is 0 Å². The van der Waals surface area contributed by atoms with Crippen LogP contribution in [0, 0.1) is 6.92 Å². The van der Waals surface area contributed by atoms with Gasteiger partial charge in [0.1, 0.15) is 6.61 Å². The summed E-state index contributed by atoms with van der Waals surface area (Å²) < 4.78 is 26.6. The number of aliphatic hydroxyl groups excluding tert-OH is 1. The average molecular weight is 228 g/mol. The molecule has 3 heteroatoms. The van der Waals surface area contributed by atoms with Gasteiger partial charge in [0.2, 0.25) is 0 Å². The summed E-state index contributed by atoms with van der Waals surface area (Å²) in [7, 11) is 0. The van der Waals surface area contributed by atoms with Crippen molar-refractivity contribution in [3.63, 3.8) is 0 Å². The van der Waals surface area contributed by atoms with Crippen LogP contribution >= 0.6 is 0 Å². The van der Waals surface area contributed by atoms with Crippen molar-refractivity contribution in [3.05, 3.63) is 34.9 Å². The van der Waals surface area contributed by atoms with Crippen molar-refractivity contribution in [1.29, 1.82) is 0 Å². The van der Waals surface area contributed by atoms with Crippen molar-refractivity contribution in [2.24, 2.45) is 0 Å². The third-order valence-corrected chi connectivity index (χ3v) is 2.69. The Kier molecular flexibility index (Phi) is 3.38. The minimum Gasteiger partial charge on any atom is -0.390 e. The first-order valence-corrected chi connectivity index (χ1v) is 5.29. The maximum absolute atomic E-state index is 13.3. The molecule has 0 saturated carbocycles. The molecule has 0 aliphatic heterocycles. The van der Waals surface area contributed by atoms with Gasteiger partial charge in [-0.05, 0) is 23.5 Å². The minimum atomic E-state index is -3.15. The predicted octanol–water partition coefficient (Wildman–Crippen LogP) is 3.38. The number of alkyl halides is 2. The fourth-order valence-corrected chi connectivity index (χ4v) is 1.63. The lowest BCUT2D eigenvalue weighted by atomic mass is 9.85. The summed E-state index contributed by atoms with van der Waals surface area (Å²) in [5.41, 5.74) is 1.38. The number of hydrogen-bond donors (Lipinski definition) is 1. The van der Waals surface area contributed by atoms with Crippen LogP contribution in [-0.4, -0.2) is 11.7 Å². The van der Waals surface area contributed by atoms with E-state index in [0.717, 1.165) is 5.56 Å². The third kappa shape index (κ3) is 2.59. The lowest BCUT2D eigenvalue weighted by Crippen LogP contribution is -2.21. The van der Waals surface area contributed by atoms with Gasteiger partial charge < -0.3 is 5.11 Å². The van der Waals surface area contributed by atoms with Gasteiger partial charge in [0, 0.05) is 5.56 Å². The second-order valence-corrected chi connectivity index (χ2v) is 5.14. The molecule has 0 bridgehead atoms. The summed E-state index contributed by atoms with van der Waals surface area (Å²) in [4.78, 5) is 0. The second kappa shape index (κ2) is 4.13. The van der Waals surface area contributed by atoms with Crippen LogP contribution in [0.4, 0.5) is 8.78 Å². The van der Waals surface area contributed by atoms with Crippen molar-refractivity contribution >= 4 is 0 Å². The standard InChI is InChI=1S/C13H18F2O/c1-9-7-10(12(2,3)4)5-6-11(9)13(14,15)8-16/h5-7,16H,8H2,1-4H3. The van der Waals surface area contributed by atoms with Gasteiger partial charge in [0.15, 0.2) is 0 Å². The number of aliphatic hydroxyl groups is 1. The summed E-state index contributed by atoms with van der Waals surface area (Å²) >= 11 is 0. The first kappa shape index (κ1) is 13.1. The predicted molar refractivity (Wildman–Crippen MR) is 60.9 cm³/mol. The van der Waals surface area contributed by atoms with E-state index in [-0.39, 0.29) is 11.0 Å². The molecule has 0 heterocycles. The fourth-order valence-electron chi connectivity index (χ4n) is 1.63. The van der Waals surface area contributed by atoms with E-state index in [1.165, 1.54) is 6.07 Å². The first-order valence-electron chi connectivity index (χ1n) is 5.29. The number of rotatable bonds is 2. The maximum Gasteiger partial charge on any atom is 0.296 e. The number of aryl methyl sites for hydroxylation is 1. The van der Waals surface area contributed by atoms with Crippen LogP contribution in [-0.2, 0) is 11.3 Å². The molecule has 0 amide bonds. The molecule has 1 nitrogen and oxygen atoms in total. The Labute approximate surface area is 95.1 Å². The van der Waals surface area contributed by atoms with Gasteiger partial charge in [-0.25, -0.2) is 0 Å². The van der Waals surface area contributed by atoms with Crippen LogP contribution in [0.3, 0.4) is 0 Å². The normalized spacial score (nSPS) is 12.9. The van der Waals surface area contributed by atoms with E-state index in [0.29, 0.717) is 5.56 Å². The quantitative estimate of drug-likeness (QED) is 0.822. The van der Waals surface area contributed by atoms with Crippen LogP contribution in [0.15, 0.2) is 18.2 Å². The first-order chi connectivity index (χ1) is 7.18. The Bertz CT molecular complexity index is 378. The molecule has 90 valence electrons. The lowest BCUT2D eigenvalue weighted by Gasteiger charge is -2.22. The molecule has 0 atom stereocenters. The molecule has 1 aromatic carbocycles. The number of halogens is 2. The fraction of sp³-hybridized carbons (Fsp3) is 0.538. The topological polar surface area (TPSA) is 20.2 Å². The van der Waals surface area contributed by atoms with E-state index in [1.54, 1.807) is 19.1 Å². The molecular formula is C13H18F2O. The van der Waals surface area contributed by atoms with E-state index in [9.17, 15) is 8.78 Å². The molecular weight excluding hydrogens is 210 g/mol. The zero-order valence-electron chi connectivity index (χ0n) is 10.1. The largest absolute Gasteiger partial charge is 0.390 e. The Morgan fingerprint density at radius 1 is 1.19 bits per heavy atom. The van der Waals surface area contributed by atoms with Crippen molar-refractivity contribution in [2.75, 3.05) is 6.61 Å². The summed E-state index contributed by atoms with van der Waals surface area (Å²) in [6.45, 7) is 6.60. The Morgan fingerprint density at radius 2 is 1.75 bits per heavy atom. The van der Waals surface area contributed by atoms with Crippen molar-refractivity contribution in [2.45, 2.75) is 39.0 Å². The average Bonchev–Trinajstić information content (AvgIpc) is 2.16. The molecule has 0 fully saturated rings. The van der Waals surface area contributed by atoms with Gasteiger partial charge >= 0.3 is 0 Å². The lowest BCUT2D eigenvalue weighted by molar-refractivity contribution is -0.0561. The van der Waals surface area contributed by atoms with E-state index in [1.807, 2.05) is 20.8 Å². The van der Waals surface area contributed by atoms with E-state index in [4.69, 9.17) is 5.11 Å². The minimum absolute atomic E-state index is 0.0577. The van der Waals surface area contributed by atoms with Crippen LogP contribution < -0.4 is 0 Å². The smallest absolute Gasteiger partial charge is 0.296 e. The van der Waals surface area contributed by atoms with E-state index >= 15 is 0 Å². The molecule has 1 N–H and O–H groups in total. The molecule has 1 aromatic rings. The number of benzene rings is 1. The van der Waals surface area contributed by atoms with Gasteiger partial charge in [0.05, 0.1) is 0 Å². The van der Waals surface area contributed by atoms with Gasteiger partial charge in [-0.3, -0.25) is 0 Å². The molecule has 1 rings (SSSR count). The Hall–Kier alpha value is -0.960. The van der Waals surface area contributed by atoms with Gasteiger partial charge in [0.25, 0.3) is 5.92 Å². The van der Waals surface area contributed by atoms with Crippen molar-refractivity contribution < 1.29 is 13.9 Å². The SMILES string of the molecule is Cc1cc(C(C)(C)C)ccc1C(F)(F)CO. The second-order valence-electron chi connectivity index (χ2n) is 5.14. The highest BCUT2D eigenvalue weighted by molar-refractivity contribution is 5.36. The Morgan fingerprint density at radius 3 is 2.12 bits per heavy atom.